The predicted octanol–water partition coefficient (Wildman–Crippen LogP) is 8.26. The Labute approximate surface area is 449 Å². The van der Waals surface area contributed by atoms with Gasteiger partial charge in [-0.05, 0) is 180 Å². The second-order valence-corrected chi connectivity index (χ2v) is 20.5. The number of nitrogen functional groups attached to an aromatic ring is 3. The number of aliphatic hydroxyl groups excluding tert-OH is 3. The molecule has 6 heterocycles. The molecular weight excluding hydrogens is 985 g/mol. The summed E-state index contributed by atoms with van der Waals surface area (Å²) < 4.78 is 0. The molecule has 78 heavy (non-hydrogen) atoms. The molecule has 3 aromatic carbocycles. The maximum atomic E-state index is 12.2. The molecule has 3 amide bonds. The number of pyridine rings is 6. The van der Waals surface area contributed by atoms with Crippen molar-refractivity contribution in [1.82, 2.24) is 29.9 Å². The van der Waals surface area contributed by atoms with Crippen LogP contribution in [0.5, 0.6) is 0 Å². The number of carbonyl (C=O) groups excluding carboxylic acids is 3. The third kappa shape index (κ3) is 11.6. The zero-order valence-electron chi connectivity index (χ0n) is 43.3. The average molecular weight is 1050 g/mol. The van der Waals surface area contributed by atoms with Gasteiger partial charge in [-0.15, -0.1) is 0 Å². The highest BCUT2D eigenvalue weighted by Gasteiger charge is 2.44. The topological polar surface area (TPSA) is 303 Å². The monoisotopic (exact) mass is 1040 g/mol. The molecule has 12 N–H and O–H groups in total. The van der Waals surface area contributed by atoms with Crippen LogP contribution in [0.3, 0.4) is 0 Å². The zero-order valence-corrected chi connectivity index (χ0v) is 43.3. The van der Waals surface area contributed by atoms with Gasteiger partial charge >= 0.3 is 0 Å². The zero-order chi connectivity index (χ0) is 54.8. The number of amides is 3. The van der Waals surface area contributed by atoms with Gasteiger partial charge in [-0.2, -0.15) is 0 Å². The van der Waals surface area contributed by atoms with E-state index < -0.39 is 0 Å². The van der Waals surface area contributed by atoms with Crippen molar-refractivity contribution in [3.8, 4) is 33.4 Å². The van der Waals surface area contributed by atoms with Gasteiger partial charge in [0.05, 0.1) is 0 Å². The van der Waals surface area contributed by atoms with Gasteiger partial charge in [0, 0.05) is 143 Å². The lowest BCUT2D eigenvalue weighted by molar-refractivity contribution is -0.118. The Morgan fingerprint density at radius 3 is 0.974 bits per heavy atom. The minimum absolute atomic E-state index is 0.0492. The number of hydrogen-bond acceptors (Lipinski definition) is 15. The van der Waals surface area contributed by atoms with E-state index in [1.165, 1.54) is 0 Å². The summed E-state index contributed by atoms with van der Waals surface area (Å²) in [7, 11) is 0. The molecule has 3 aliphatic rings. The van der Waals surface area contributed by atoms with E-state index in [1.807, 2.05) is 112 Å². The first-order chi connectivity index (χ1) is 37.7. The second-order valence-electron chi connectivity index (χ2n) is 20.5. The van der Waals surface area contributed by atoms with E-state index in [2.05, 4.69) is 45.9 Å². The van der Waals surface area contributed by atoms with E-state index in [1.54, 1.807) is 37.2 Å². The summed E-state index contributed by atoms with van der Waals surface area (Å²) in [6.45, 7) is 6.24. The third-order valence-corrected chi connectivity index (χ3v) is 14.9. The fraction of sp³-hybridized carbons (Fsp3) is 0.250. The Morgan fingerprint density at radius 2 is 0.731 bits per heavy atom. The number of aryl methyl sites for hydroxylation is 3. The number of nitrogens with one attached hydrogen (secondary N) is 3. The minimum Gasteiger partial charge on any atom is -0.398 e. The Balaban J connectivity index is 0.000000132. The van der Waals surface area contributed by atoms with E-state index in [4.69, 9.17) is 32.5 Å². The molecule has 6 aromatic heterocycles. The lowest BCUT2D eigenvalue weighted by Gasteiger charge is -2.11. The first-order valence-corrected chi connectivity index (χ1v) is 25.8. The number of nitrogens with two attached hydrogens (primary N) is 3. The average Bonchev–Trinajstić information content (AvgIpc) is 4.41. The van der Waals surface area contributed by atoms with Crippen molar-refractivity contribution in [3.63, 3.8) is 0 Å². The second kappa shape index (κ2) is 22.3. The number of benzene rings is 3. The van der Waals surface area contributed by atoms with Gasteiger partial charge in [-0.3, -0.25) is 29.3 Å². The van der Waals surface area contributed by atoms with Gasteiger partial charge in [0.1, 0.15) is 17.5 Å². The lowest BCUT2D eigenvalue weighted by atomic mass is 9.99. The third-order valence-electron chi connectivity index (χ3n) is 14.9. The summed E-state index contributed by atoms with van der Waals surface area (Å²) in [6, 6.07) is 23.2. The van der Waals surface area contributed by atoms with Gasteiger partial charge in [-0.25, -0.2) is 15.0 Å². The van der Waals surface area contributed by atoms with Gasteiger partial charge in [0.2, 0.25) is 17.7 Å². The molecule has 18 heteroatoms. The molecule has 12 rings (SSSR count). The number of carbonyl (C=O) groups is 3. The number of anilines is 6. The number of aromatic nitrogens is 6. The van der Waals surface area contributed by atoms with Gasteiger partial charge in [-0.1, -0.05) is 0 Å². The van der Waals surface area contributed by atoms with Crippen LogP contribution >= 0.6 is 0 Å². The van der Waals surface area contributed by atoms with Crippen LogP contribution in [0, 0.1) is 56.3 Å². The highest BCUT2D eigenvalue weighted by molar-refractivity contribution is 6.03. The smallest absolute Gasteiger partial charge is 0.229 e. The van der Waals surface area contributed by atoms with Crippen LogP contribution in [0.4, 0.5) is 34.5 Å². The molecule has 0 saturated heterocycles. The van der Waals surface area contributed by atoms with Gasteiger partial charge < -0.3 is 48.5 Å². The van der Waals surface area contributed by atoms with Crippen molar-refractivity contribution >= 4 is 84.6 Å². The molecule has 0 aliphatic heterocycles. The molecule has 2 unspecified atom stereocenters. The van der Waals surface area contributed by atoms with Crippen molar-refractivity contribution < 1.29 is 29.7 Å². The van der Waals surface area contributed by atoms with Crippen molar-refractivity contribution in [2.24, 2.45) is 35.5 Å². The molecule has 3 aliphatic carbocycles. The highest BCUT2D eigenvalue weighted by atomic mass is 16.3. The quantitative estimate of drug-likeness (QED) is 0.0520. The van der Waals surface area contributed by atoms with Crippen LogP contribution in [-0.2, 0) is 14.4 Å². The van der Waals surface area contributed by atoms with Crippen molar-refractivity contribution in [1.29, 1.82) is 0 Å². The molecule has 9 aromatic rings. The van der Waals surface area contributed by atoms with Gasteiger partial charge in [0.25, 0.3) is 0 Å². The number of hydrogen-bond donors (Lipinski definition) is 9. The Bertz CT molecular complexity index is 3390. The highest BCUT2D eigenvalue weighted by Crippen LogP contribution is 2.41. The molecule has 3 saturated carbocycles. The van der Waals surface area contributed by atoms with E-state index in [9.17, 15) is 14.4 Å². The van der Waals surface area contributed by atoms with E-state index in [0.717, 1.165) is 102 Å². The number of rotatable bonds is 12. The molecule has 3 fully saturated rings. The standard InChI is InChI=1S/3C20H20N4O2/c3*1-11-2-3-22-8-16(11)12-4-13-7-19(23-9-17(13)18(21)6-12)24-20(26)15-5-14(15)10-25/h3*2-4,6-9,14-15,25H,5,10,21H2,1H3,(H,23,24,26)/t2*14-,15+;/m10./s1. The first kappa shape index (κ1) is 52.5. The van der Waals surface area contributed by atoms with Gasteiger partial charge in [0.15, 0.2) is 0 Å². The van der Waals surface area contributed by atoms with Crippen molar-refractivity contribution in [2.45, 2.75) is 40.0 Å². The SMILES string of the molecule is Cc1ccncc1-c1cc(N)c2cnc(NC(=O)C3CC3CO)cc2c1.Cc1ccncc1-c1cc(N)c2cnc(NC(=O)[C@@H]3C[C@H]3CO)cc2c1.Cc1ccncc1-c1cc(N)c2cnc(NC(=O)[C@H]3C[C@@H]3CO)cc2c1. The minimum atomic E-state index is -0.119. The summed E-state index contributed by atoms with van der Waals surface area (Å²) in [6.07, 6.45) is 18.0. The number of aliphatic hydroxyl groups is 3. The fourth-order valence-electron chi connectivity index (χ4n) is 9.80. The molecule has 0 spiro atoms. The van der Waals surface area contributed by atoms with E-state index in [-0.39, 0.29) is 73.0 Å². The van der Waals surface area contributed by atoms with Crippen LogP contribution in [0.15, 0.2) is 129 Å². The first-order valence-electron chi connectivity index (χ1n) is 25.8. The summed E-state index contributed by atoms with van der Waals surface area (Å²) in [5, 5.41) is 41.1. The molecule has 0 bridgehead atoms. The fourth-order valence-corrected chi connectivity index (χ4v) is 9.80. The molecule has 396 valence electrons. The van der Waals surface area contributed by atoms with Crippen LogP contribution in [0.1, 0.15) is 36.0 Å². The lowest BCUT2D eigenvalue weighted by Crippen LogP contribution is -2.16. The molecule has 0 radical (unpaired) electrons. The largest absolute Gasteiger partial charge is 0.398 e. The van der Waals surface area contributed by atoms with Crippen molar-refractivity contribution in [2.75, 3.05) is 53.0 Å². The Hall–Kier alpha value is -8.97. The summed E-state index contributed by atoms with van der Waals surface area (Å²) in [4.78, 5) is 62.1. The summed E-state index contributed by atoms with van der Waals surface area (Å²) in [5.74, 6) is 1.06. The van der Waals surface area contributed by atoms with E-state index >= 15 is 0 Å². The molecule has 18 nitrogen and oxygen atoms in total. The number of fused-ring (bicyclic) bond motifs is 3. The van der Waals surface area contributed by atoms with Crippen molar-refractivity contribution in [3.05, 3.63) is 145 Å². The Kier molecular flexibility index (Phi) is 15.0. The maximum Gasteiger partial charge on any atom is 0.229 e. The predicted molar refractivity (Wildman–Crippen MR) is 304 cm³/mol. The summed E-state index contributed by atoms with van der Waals surface area (Å²) in [5.41, 5.74) is 29.9. The van der Waals surface area contributed by atoms with E-state index in [0.29, 0.717) is 34.5 Å². The number of nitrogens with zero attached hydrogens (tertiary/aromatic N) is 6. The van der Waals surface area contributed by atoms with Crippen LogP contribution in [0.25, 0.3) is 65.7 Å². The maximum absolute atomic E-state index is 12.2. The molecular formula is C60H60N12O6. The van der Waals surface area contributed by atoms with Crippen LogP contribution in [-0.4, -0.2) is 82.8 Å². The Morgan fingerprint density at radius 1 is 0.449 bits per heavy atom. The van der Waals surface area contributed by atoms with Crippen LogP contribution in [0.2, 0.25) is 0 Å². The molecule has 6 atom stereocenters. The van der Waals surface area contributed by atoms with Crippen LogP contribution < -0.4 is 33.2 Å². The normalized spacial score (nSPS) is 18.7. The summed E-state index contributed by atoms with van der Waals surface area (Å²) >= 11 is 0.